The third kappa shape index (κ3) is 3.39. The maximum absolute atomic E-state index is 13.4. The van der Waals surface area contributed by atoms with Crippen LogP contribution in [0.3, 0.4) is 0 Å². The summed E-state index contributed by atoms with van der Waals surface area (Å²) in [6.07, 6.45) is 5.49. The van der Waals surface area contributed by atoms with Crippen LogP contribution in [0.15, 0.2) is 89.8 Å². The molecule has 4 aromatic carbocycles. The molecule has 7 rings (SSSR count). The molecule has 182 valence electrons. The molecule has 3 atom stereocenters. The Kier molecular flexibility index (Phi) is 5.17. The van der Waals surface area contributed by atoms with Gasteiger partial charge in [0.1, 0.15) is 0 Å². The van der Waals surface area contributed by atoms with E-state index in [0.29, 0.717) is 37.1 Å². The lowest BCUT2D eigenvalue weighted by atomic mass is 9.75. The number of ether oxygens (including phenoxy) is 1. The summed E-state index contributed by atoms with van der Waals surface area (Å²) in [5.41, 5.74) is 3.42. The van der Waals surface area contributed by atoms with E-state index in [1.54, 1.807) is 10.4 Å². The number of nitrogens with zero attached hydrogens (tertiary/aromatic N) is 1. The summed E-state index contributed by atoms with van der Waals surface area (Å²) in [6, 6.07) is 25.3. The van der Waals surface area contributed by atoms with Crippen molar-refractivity contribution in [3.63, 3.8) is 0 Å². The summed E-state index contributed by atoms with van der Waals surface area (Å²) in [4.78, 5) is 0.373. The predicted octanol–water partition coefficient (Wildman–Crippen LogP) is 5.84. The Morgan fingerprint density at radius 1 is 0.861 bits per heavy atom. The highest BCUT2D eigenvalue weighted by Crippen LogP contribution is 2.52. The third-order valence-electron chi connectivity index (χ3n) is 8.07. The van der Waals surface area contributed by atoms with E-state index in [2.05, 4.69) is 72.1 Å². The van der Waals surface area contributed by atoms with Crippen molar-refractivity contribution < 1.29 is 13.2 Å². The van der Waals surface area contributed by atoms with Gasteiger partial charge < -0.3 is 10.1 Å². The fourth-order valence-electron chi connectivity index (χ4n) is 6.34. The van der Waals surface area contributed by atoms with Gasteiger partial charge in [-0.15, -0.1) is 0 Å². The average Bonchev–Trinajstić information content (AvgIpc) is 3.42. The fourth-order valence-corrected chi connectivity index (χ4v) is 7.78. The second-order valence-corrected chi connectivity index (χ2v) is 11.9. The first kappa shape index (κ1) is 22.0. The van der Waals surface area contributed by atoms with E-state index in [0.717, 1.165) is 17.7 Å². The Balaban J connectivity index is 1.36. The van der Waals surface area contributed by atoms with Crippen molar-refractivity contribution in [3.05, 3.63) is 96.1 Å². The minimum absolute atomic E-state index is 0.121. The molecule has 4 aromatic rings. The highest BCUT2D eigenvalue weighted by Gasteiger charge is 2.40. The zero-order chi connectivity index (χ0) is 24.3. The summed E-state index contributed by atoms with van der Waals surface area (Å²) >= 11 is 0. The van der Waals surface area contributed by atoms with Crippen LogP contribution in [0.5, 0.6) is 0 Å². The van der Waals surface area contributed by atoms with Gasteiger partial charge in [0.2, 0.25) is 10.0 Å². The van der Waals surface area contributed by atoms with Gasteiger partial charge in [0.15, 0.2) is 0 Å². The standard InChI is InChI=1S/C30H28N2O3S/c33-36(34,32-14-16-35-17-15-32)22-12-13-28-27(19-22)25-10-5-11-26(25)30(31-28)29-23-8-3-1-6-20(23)18-21-7-2-4-9-24(21)29/h1-10,12-13,18-19,25-26,30-31H,11,14-17H2. The Labute approximate surface area is 211 Å². The fraction of sp³-hybridized carbons (Fsp3) is 0.267. The molecular weight excluding hydrogens is 468 g/mol. The van der Waals surface area contributed by atoms with Gasteiger partial charge in [-0.25, -0.2) is 8.42 Å². The molecule has 1 saturated heterocycles. The first-order valence-corrected chi connectivity index (χ1v) is 14.1. The molecule has 0 spiro atoms. The van der Waals surface area contributed by atoms with E-state index >= 15 is 0 Å². The SMILES string of the molecule is O=S(=O)(c1ccc2c(c1)C1C=CCC1C(c1c3ccccc3cc3ccccc13)N2)N1CCOCC1. The zero-order valence-corrected chi connectivity index (χ0v) is 20.7. The van der Waals surface area contributed by atoms with Gasteiger partial charge in [-0.05, 0) is 69.3 Å². The van der Waals surface area contributed by atoms with Gasteiger partial charge in [0.05, 0.1) is 24.2 Å². The lowest BCUT2D eigenvalue weighted by molar-refractivity contribution is 0.0730. The van der Waals surface area contributed by atoms with Crippen LogP contribution in [0.1, 0.15) is 29.5 Å². The molecule has 2 heterocycles. The van der Waals surface area contributed by atoms with E-state index in [9.17, 15) is 8.42 Å². The number of rotatable bonds is 3. The van der Waals surface area contributed by atoms with Crippen molar-refractivity contribution in [1.29, 1.82) is 0 Å². The van der Waals surface area contributed by atoms with Gasteiger partial charge in [-0.2, -0.15) is 4.31 Å². The lowest BCUT2D eigenvalue weighted by Gasteiger charge is -2.39. The largest absolute Gasteiger partial charge is 0.379 e. The molecule has 0 saturated carbocycles. The van der Waals surface area contributed by atoms with Crippen LogP contribution in [0.25, 0.3) is 21.5 Å². The second kappa shape index (κ2) is 8.44. The van der Waals surface area contributed by atoms with Crippen LogP contribution in [-0.2, 0) is 14.8 Å². The number of allylic oxidation sites excluding steroid dienone is 2. The number of hydrogen-bond donors (Lipinski definition) is 1. The van der Waals surface area contributed by atoms with Gasteiger partial charge in [-0.1, -0.05) is 60.7 Å². The number of nitrogens with one attached hydrogen (secondary N) is 1. The van der Waals surface area contributed by atoms with Crippen LogP contribution in [-0.4, -0.2) is 39.0 Å². The third-order valence-corrected chi connectivity index (χ3v) is 9.96. The van der Waals surface area contributed by atoms with Crippen molar-refractivity contribution in [2.75, 3.05) is 31.6 Å². The first-order valence-electron chi connectivity index (χ1n) is 12.7. The monoisotopic (exact) mass is 496 g/mol. The zero-order valence-electron chi connectivity index (χ0n) is 19.9. The van der Waals surface area contributed by atoms with Crippen molar-refractivity contribution in [2.45, 2.75) is 23.3 Å². The Hall–Kier alpha value is -3.19. The van der Waals surface area contributed by atoms with Crippen LogP contribution >= 0.6 is 0 Å². The van der Waals surface area contributed by atoms with E-state index in [-0.39, 0.29) is 12.0 Å². The molecular formula is C30H28N2O3S. The van der Waals surface area contributed by atoms with E-state index in [1.807, 2.05) is 12.1 Å². The number of fused-ring (bicyclic) bond motifs is 5. The van der Waals surface area contributed by atoms with Crippen LogP contribution < -0.4 is 5.32 Å². The van der Waals surface area contributed by atoms with Crippen molar-refractivity contribution in [1.82, 2.24) is 4.31 Å². The molecule has 1 N–H and O–H groups in total. The molecule has 5 nitrogen and oxygen atoms in total. The van der Waals surface area contributed by atoms with Gasteiger partial charge in [-0.3, -0.25) is 0 Å². The Morgan fingerprint density at radius 3 is 2.28 bits per heavy atom. The maximum atomic E-state index is 13.4. The maximum Gasteiger partial charge on any atom is 0.243 e. The van der Waals surface area contributed by atoms with Crippen molar-refractivity contribution in [2.24, 2.45) is 5.92 Å². The Morgan fingerprint density at radius 2 is 1.56 bits per heavy atom. The molecule has 0 amide bonds. The molecule has 0 aromatic heterocycles. The topological polar surface area (TPSA) is 58.6 Å². The number of benzene rings is 4. The molecule has 1 aliphatic carbocycles. The molecule has 6 heteroatoms. The van der Waals surface area contributed by atoms with Crippen LogP contribution in [0, 0.1) is 5.92 Å². The summed E-state index contributed by atoms with van der Waals surface area (Å²) in [6.45, 7) is 1.69. The van der Waals surface area contributed by atoms with Gasteiger partial charge in [0, 0.05) is 24.7 Å². The summed E-state index contributed by atoms with van der Waals surface area (Å²) in [5, 5.41) is 8.89. The van der Waals surface area contributed by atoms with Crippen molar-refractivity contribution in [3.8, 4) is 0 Å². The molecule has 0 radical (unpaired) electrons. The highest BCUT2D eigenvalue weighted by atomic mass is 32.2. The van der Waals surface area contributed by atoms with E-state index in [4.69, 9.17) is 4.74 Å². The molecule has 0 bridgehead atoms. The number of morpholine rings is 1. The highest BCUT2D eigenvalue weighted by molar-refractivity contribution is 7.89. The van der Waals surface area contributed by atoms with Crippen LogP contribution in [0.4, 0.5) is 5.69 Å². The van der Waals surface area contributed by atoms with Crippen molar-refractivity contribution >= 4 is 37.3 Å². The summed E-state index contributed by atoms with van der Waals surface area (Å²) < 4.78 is 33.7. The minimum atomic E-state index is -3.55. The molecule has 3 aliphatic rings. The van der Waals surface area contributed by atoms with Gasteiger partial charge in [0.25, 0.3) is 0 Å². The normalized spacial score (nSPS) is 23.9. The first-order chi connectivity index (χ1) is 17.6. The molecule has 2 aliphatic heterocycles. The predicted molar refractivity (Wildman–Crippen MR) is 144 cm³/mol. The molecule has 36 heavy (non-hydrogen) atoms. The minimum Gasteiger partial charge on any atom is -0.379 e. The quantitative estimate of drug-likeness (QED) is 0.286. The molecule has 3 unspecified atom stereocenters. The van der Waals surface area contributed by atoms with E-state index in [1.165, 1.54) is 27.1 Å². The smallest absolute Gasteiger partial charge is 0.243 e. The molecule has 1 fully saturated rings. The number of hydrogen-bond acceptors (Lipinski definition) is 4. The van der Waals surface area contributed by atoms with Gasteiger partial charge >= 0.3 is 0 Å². The second-order valence-electron chi connectivity index (χ2n) is 9.97. The van der Waals surface area contributed by atoms with Crippen LogP contribution in [0.2, 0.25) is 0 Å². The number of anilines is 1. The summed E-state index contributed by atoms with van der Waals surface area (Å²) in [5.74, 6) is 0.483. The van der Waals surface area contributed by atoms with E-state index < -0.39 is 10.0 Å². The lowest BCUT2D eigenvalue weighted by Crippen LogP contribution is -2.40. The number of sulfonamides is 1. The average molecular weight is 497 g/mol. The summed E-state index contributed by atoms with van der Waals surface area (Å²) in [7, 11) is -3.55. The Bertz CT molecular complexity index is 1570.